The van der Waals surface area contributed by atoms with Gasteiger partial charge in [0.2, 0.25) is 0 Å². The molecule has 2 heteroatoms. The molecular formula is C13H28N2. The van der Waals surface area contributed by atoms with Gasteiger partial charge in [-0.15, -0.1) is 0 Å². The van der Waals surface area contributed by atoms with Crippen LogP contribution in [0.3, 0.4) is 0 Å². The van der Waals surface area contributed by atoms with Crippen molar-refractivity contribution in [3.05, 3.63) is 0 Å². The molecule has 2 aliphatic carbocycles. The van der Waals surface area contributed by atoms with E-state index in [9.17, 15) is 0 Å². The first kappa shape index (κ1) is 13.0. The molecule has 0 aromatic heterocycles. The molecule has 90 valence electrons. The average molecular weight is 212 g/mol. The van der Waals surface area contributed by atoms with Crippen molar-refractivity contribution in [3.8, 4) is 0 Å². The highest BCUT2D eigenvalue weighted by molar-refractivity contribution is 4.66. The average Bonchev–Trinajstić information content (AvgIpc) is 2.32. The van der Waals surface area contributed by atoms with E-state index >= 15 is 0 Å². The highest BCUT2D eigenvalue weighted by Crippen LogP contribution is 2.21. The summed E-state index contributed by atoms with van der Waals surface area (Å²) in [5.41, 5.74) is 11.1. The summed E-state index contributed by atoms with van der Waals surface area (Å²) in [6.45, 7) is 0.917. The van der Waals surface area contributed by atoms with Crippen molar-refractivity contribution in [2.24, 2.45) is 17.4 Å². The van der Waals surface area contributed by atoms with Gasteiger partial charge < -0.3 is 11.5 Å². The third-order valence-corrected chi connectivity index (χ3v) is 3.71. The van der Waals surface area contributed by atoms with Crippen molar-refractivity contribution in [2.75, 3.05) is 6.54 Å². The van der Waals surface area contributed by atoms with E-state index in [2.05, 4.69) is 0 Å². The molecule has 0 radical (unpaired) electrons. The molecule has 2 rings (SSSR count). The Morgan fingerprint density at radius 3 is 1.47 bits per heavy atom. The molecule has 0 aliphatic heterocycles. The zero-order valence-corrected chi connectivity index (χ0v) is 10.1. The van der Waals surface area contributed by atoms with Crippen molar-refractivity contribution < 1.29 is 0 Å². The normalized spacial score (nSPS) is 24.4. The molecule has 0 aromatic carbocycles. The molecule has 15 heavy (non-hydrogen) atoms. The maximum atomic E-state index is 5.63. The van der Waals surface area contributed by atoms with Crippen LogP contribution in [0.1, 0.15) is 64.2 Å². The Kier molecular flexibility index (Phi) is 7.03. The highest BCUT2D eigenvalue weighted by Gasteiger charge is 2.10. The van der Waals surface area contributed by atoms with Gasteiger partial charge in [0.05, 0.1) is 0 Å². The van der Waals surface area contributed by atoms with Gasteiger partial charge in [-0.1, -0.05) is 38.5 Å². The van der Waals surface area contributed by atoms with Gasteiger partial charge in [-0.3, -0.25) is 0 Å². The Bertz CT molecular complexity index is 135. The zero-order valence-electron chi connectivity index (χ0n) is 10.1. The molecular weight excluding hydrogens is 184 g/mol. The quantitative estimate of drug-likeness (QED) is 0.702. The lowest BCUT2D eigenvalue weighted by molar-refractivity contribution is 0.366. The molecule has 4 N–H and O–H groups in total. The molecule has 2 saturated carbocycles. The van der Waals surface area contributed by atoms with Gasteiger partial charge in [0.15, 0.2) is 0 Å². The predicted molar refractivity (Wildman–Crippen MR) is 66.7 cm³/mol. The molecule has 2 fully saturated rings. The maximum Gasteiger partial charge on any atom is 0.00388 e. The molecule has 0 atom stereocenters. The molecule has 2 aliphatic rings. The first-order chi connectivity index (χ1) is 7.33. The van der Waals surface area contributed by atoms with E-state index < -0.39 is 0 Å². The highest BCUT2D eigenvalue weighted by atomic mass is 14.6. The van der Waals surface area contributed by atoms with Gasteiger partial charge >= 0.3 is 0 Å². The minimum Gasteiger partial charge on any atom is -0.330 e. The fraction of sp³-hybridized carbons (Fsp3) is 1.00. The van der Waals surface area contributed by atoms with Gasteiger partial charge in [-0.2, -0.15) is 0 Å². The smallest absolute Gasteiger partial charge is 0.00388 e. The van der Waals surface area contributed by atoms with Gasteiger partial charge in [0.1, 0.15) is 0 Å². The van der Waals surface area contributed by atoms with Crippen molar-refractivity contribution in [2.45, 2.75) is 70.3 Å². The number of hydrogen-bond donors (Lipinski definition) is 2. The maximum absolute atomic E-state index is 5.63. The summed E-state index contributed by atoms with van der Waals surface area (Å²) >= 11 is 0. The third kappa shape index (κ3) is 6.16. The van der Waals surface area contributed by atoms with Crippen LogP contribution in [0.2, 0.25) is 0 Å². The summed E-state index contributed by atoms with van der Waals surface area (Å²) in [7, 11) is 0. The summed E-state index contributed by atoms with van der Waals surface area (Å²) in [5.74, 6) is 0.865. The van der Waals surface area contributed by atoms with Crippen molar-refractivity contribution in [1.29, 1.82) is 0 Å². The molecule has 0 amide bonds. The standard InChI is InChI=1S/C7H15N.C6H13N/c8-6-7-4-2-1-3-5-7;7-6-4-2-1-3-5-6/h7H,1-6,8H2;6H,1-5,7H2. The third-order valence-electron chi connectivity index (χ3n) is 3.71. The molecule has 0 aromatic rings. The van der Waals surface area contributed by atoms with E-state index in [1.54, 1.807) is 0 Å². The monoisotopic (exact) mass is 212 g/mol. The lowest BCUT2D eigenvalue weighted by Gasteiger charge is -2.18. The van der Waals surface area contributed by atoms with E-state index in [-0.39, 0.29) is 0 Å². The number of rotatable bonds is 1. The van der Waals surface area contributed by atoms with E-state index in [1.165, 1.54) is 64.2 Å². The van der Waals surface area contributed by atoms with Crippen LogP contribution < -0.4 is 11.5 Å². The van der Waals surface area contributed by atoms with Crippen LogP contribution in [0.25, 0.3) is 0 Å². The Morgan fingerprint density at radius 2 is 1.20 bits per heavy atom. The fourth-order valence-corrected chi connectivity index (χ4v) is 2.56. The Morgan fingerprint density at radius 1 is 0.733 bits per heavy atom. The predicted octanol–water partition coefficient (Wildman–Crippen LogP) is 2.80. The Hall–Kier alpha value is -0.0800. The minimum atomic E-state index is 0.536. The summed E-state index contributed by atoms with van der Waals surface area (Å²) in [6, 6.07) is 0.536. The molecule has 0 saturated heterocycles. The SMILES string of the molecule is NC1CCCCC1.NCC1CCCCC1. The number of hydrogen-bond acceptors (Lipinski definition) is 2. The van der Waals surface area contributed by atoms with Crippen LogP contribution in [0, 0.1) is 5.92 Å². The van der Waals surface area contributed by atoms with Crippen LogP contribution in [0.15, 0.2) is 0 Å². The van der Waals surface area contributed by atoms with E-state index in [0.717, 1.165) is 12.5 Å². The van der Waals surface area contributed by atoms with Gasteiger partial charge in [-0.05, 0) is 38.1 Å². The van der Waals surface area contributed by atoms with E-state index in [4.69, 9.17) is 11.5 Å². The summed E-state index contributed by atoms with van der Waals surface area (Å²) in [5, 5.41) is 0. The molecule has 0 heterocycles. The second-order valence-electron chi connectivity index (χ2n) is 5.14. The first-order valence-electron chi connectivity index (χ1n) is 6.78. The van der Waals surface area contributed by atoms with Gasteiger partial charge in [0, 0.05) is 6.04 Å². The number of nitrogens with two attached hydrogens (primary N) is 2. The lowest BCUT2D eigenvalue weighted by atomic mass is 9.90. The van der Waals surface area contributed by atoms with Crippen LogP contribution in [0.4, 0.5) is 0 Å². The summed E-state index contributed by atoms with van der Waals surface area (Å²) in [4.78, 5) is 0. The molecule has 0 unspecified atom stereocenters. The Balaban J connectivity index is 0.000000151. The van der Waals surface area contributed by atoms with Crippen LogP contribution in [-0.4, -0.2) is 12.6 Å². The second kappa shape index (κ2) is 8.12. The van der Waals surface area contributed by atoms with Gasteiger partial charge in [-0.25, -0.2) is 0 Å². The van der Waals surface area contributed by atoms with E-state index in [1.807, 2.05) is 0 Å². The molecule has 0 spiro atoms. The summed E-state index contributed by atoms with van der Waals surface area (Å²) < 4.78 is 0. The first-order valence-corrected chi connectivity index (χ1v) is 6.78. The largest absolute Gasteiger partial charge is 0.330 e. The van der Waals surface area contributed by atoms with Crippen LogP contribution >= 0.6 is 0 Å². The molecule has 2 nitrogen and oxygen atoms in total. The topological polar surface area (TPSA) is 52.0 Å². The van der Waals surface area contributed by atoms with Crippen molar-refractivity contribution in [1.82, 2.24) is 0 Å². The lowest BCUT2D eigenvalue weighted by Crippen LogP contribution is -2.22. The van der Waals surface area contributed by atoms with Crippen LogP contribution in [-0.2, 0) is 0 Å². The van der Waals surface area contributed by atoms with Crippen LogP contribution in [0.5, 0.6) is 0 Å². The van der Waals surface area contributed by atoms with E-state index in [0.29, 0.717) is 6.04 Å². The van der Waals surface area contributed by atoms with Crippen molar-refractivity contribution >= 4 is 0 Å². The second-order valence-corrected chi connectivity index (χ2v) is 5.14. The Labute approximate surface area is 94.8 Å². The minimum absolute atomic E-state index is 0.536. The van der Waals surface area contributed by atoms with Gasteiger partial charge in [0.25, 0.3) is 0 Å². The molecule has 0 bridgehead atoms. The fourth-order valence-electron chi connectivity index (χ4n) is 2.56. The van der Waals surface area contributed by atoms with Crippen molar-refractivity contribution in [3.63, 3.8) is 0 Å². The zero-order chi connectivity index (χ0) is 10.9. The summed E-state index contributed by atoms with van der Waals surface area (Å²) in [6.07, 6.45) is 13.7.